The Labute approximate surface area is 335 Å². The molecule has 0 fully saturated rings. The van der Waals surface area contributed by atoms with Crippen molar-refractivity contribution in [2.75, 3.05) is 0 Å². The van der Waals surface area contributed by atoms with Crippen LogP contribution >= 0.6 is 22.7 Å². The van der Waals surface area contributed by atoms with E-state index in [1.165, 1.54) is 79.0 Å². The zero-order valence-corrected chi connectivity index (χ0v) is 32.1. The molecule has 4 nitrogen and oxygen atoms in total. The quantitative estimate of drug-likeness (QED) is 0.175. The fourth-order valence-corrected chi connectivity index (χ4v) is 10.7. The minimum absolute atomic E-state index is 0.663. The van der Waals surface area contributed by atoms with Crippen LogP contribution in [0, 0.1) is 0 Å². The molecule has 0 atom stereocenters. The third-order valence-corrected chi connectivity index (χ3v) is 13.3. The van der Waals surface area contributed by atoms with Crippen LogP contribution in [-0.4, -0.2) is 19.5 Å². The van der Waals surface area contributed by atoms with Gasteiger partial charge >= 0.3 is 0 Å². The van der Waals surface area contributed by atoms with E-state index in [9.17, 15) is 0 Å². The number of thiophene rings is 2. The maximum atomic E-state index is 5.21. The third-order valence-electron chi connectivity index (χ3n) is 11.1. The minimum Gasteiger partial charge on any atom is -0.309 e. The minimum atomic E-state index is 0.663. The Morgan fingerprint density at radius 2 is 0.947 bits per heavy atom. The van der Waals surface area contributed by atoms with Gasteiger partial charge in [-0.25, -0.2) is 15.0 Å². The van der Waals surface area contributed by atoms with Crippen LogP contribution < -0.4 is 0 Å². The molecule has 0 aliphatic rings. The highest BCUT2D eigenvalue weighted by Gasteiger charge is 2.18. The summed E-state index contributed by atoms with van der Waals surface area (Å²) in [5, 5.41) is 7.35. The molecule has 57 heavy (non-hydrogen) atoms. The van der Waals surface area contributed by atoms with Gasteiger partial charge in [-0.2, -0.15) is 0 Å². The Morgan fingerprint density at radius 1 is 0.333 bits per heavy atom. The van der Waals surface area contributed by atoms with Gasteiger partial charge in [-0.3, -0.25) is 0 Å². The molecule has 12 aromatic rings. The van der Waals surface area contributed by atoms with Gasteiger partial charge in [0.1, 0.15) is 0 Å². The van der Waals surface area contributed by atoms with E-state index in [0.717, 1.165) is 16.7 Å². The van der Waals surface area contributed by atoms with Crippen LogP contribution in [0.3, 0.4) is 0 Å². The Hall–Kier alpha value is -6.99. The zero-order chi connectivity index (χ0) is 37.5. The summed E-state index contributed by atoms with van der Waals surface area (Å²) >= 11 is 3.63. The highest BCUT2D eigenvalue weighted by molar-refractivity contribution is 7.26. The first kappa shape index (κ1) is 32.3. The van der Waals surface area contributed by atoms with Crippen molar-refractivity contribution >= 4 is 84.8 Å². The number of benzene rings is 8. The molecule has 8 aromatic carbocycles. The molecule has 266 valence electrons. The van der Waals surface area contributed by atoms with E-state index in [4.69, 9.17) is 15.0 Å². The van der Waals surface area contributed by atoms with Crippen LogP contribution in [0.1, 0.15) is 0 Å². The molecule has 0 radical (unpaired) electrons. The number of fused-ring (bicyclic) bond motifs is 9. The highest BCUT2D eigenvalue weighted by Crippen LogP contribution is 2.42. The van der Waals surface area contributed by atoms with Gasteiger partial charge in [-0.15, -0.1) is 22.7 Å². The second-order valence-corrected chi connectivity index (χ2v) is 16.6. The van der Waals surface area contributed by atoms with Gasteiger partial charge in [0.25, 0.3) is 0 Å². The lowest BCUT2D eigenvalue weighted by atomic mass is 10.0. The standard InChI is InChI=1S/C51H30N4S2/c1-3-12-31(13-4-1)49-52-50(54-51(53-49)39-18-11-21-46-48(39)38-17-8-10-20-44(38)56-46)34-24-27-45-41(29-34)37-25-22-33(30-47(37)57-45)32-23-26-43-40(28-32)36-16-7-9-19-42(36)55(43)35-14-5-2-6-15-35/h1-30H. The summed E-state index contributed by atoms with van der Waals surface area (Å²) in [5.74, 6) is 2.00. The summed E-state index contributed by atoms with van der Waals surface area (Å²) in [4.78, 5) is 15.4. The number of hydrogen-bond donors (Lipinski definition) is 0. The second-order valence-electron chi connectivity index (χ2n) is 14.4. The molecule has 4 aromatic heterocycles. The summed E-state index contributed by atoms with van der Waals surface area (Å²) < 4.78 is 7.33. The molecule has 0 amide bonds. The maximum absolute atomic E-state index is 5.21. The SMILES string of the molecule is c1ccc(-c2nc(-c3ccc4sc5cc(-c6ccc7c(c6)c6ccccc6n7-c6ccccc6)ccc5c4c3)nc(-c3cccc4sc5ccccc5c34)n2)cc1. The Morgan fingerprint density at radius 3 is 1.82 bits per heavy atom. The summed E-state index contributed by atoms with van der Waals surface area (Å²) in [5.41, 5.74) is 8.94. The summed E-state index contributed by atoms with van der Waals surface area (Å²) in [6.07, 6.45) is 0. The van der Waals surface area contributed by atoms with Crippen LogP contribution in [0.5, 0.6) is 0 Å². The average molecular weight is 763 g/mol. The van der Waals surface area contributed by atoms with Crippen molar-refractivity contribution in [1.29, 1.82) is 0 Å². The Bertz CT molecular complexity index is 3530. The van der Waals surface area contributed by atoms with Crippen molar-refractivity contribution in [1.82, 2.24) is 19.5 Å². The van der Waals surface area contributed by atoms with Crippen LogP contribution in [0.4, 0.5) is 0 Å². The number of aromatic nitrogens is 4. The van der Waals surface area contributed by atoms with Crippen molar-refractivity contribution in [3.8, 4) is 51.0 Å². The summed E-state index contributed by atoms with van der Waals surface area (Å²) in [6, 6.07) is 65.0. The first-order valence-corrected chi connectivity index (χ1v) is 20.6. The first-order valence-electron chi connectivity index (χ1n) is 19.0. The molecule has 0 aliphatic carbocycles. The monoisotopic (exact) mass is 762 g/mol. The number of para-hydroxylation sites is 2. The molecule has 0 spiro atoms. The topological polar surface area (TPSA) is 43.6 Å². The molecule has 12 rings (SSSR count). The highest BCUT2D eigenvalue weighted by atomic mass is 32.1. The summed E-state index contributed by atoms with van der Waals surface area (Å²) in [7, 11) is 0. The molecule has 0 saturated heterocycles. The predicted octanol–water partition coefficient (Wildman–Crippen LogP) is 14.4. The lowest BCUT2D eigenvalue weighted by Gasteiger charge is -2.10. The number of hydrogen-bond acceptors (Lipinski definition) is 5. The second kappa shape index (κ2) is 12.8. The van der Waals surface area contributed by atoms with Crippen LogP contribution in [0.15, 0.2) is 182 Å². The van der Waals surface area contributed by atoms with Crippen LogP contribution in [0.2, 0.25) is 0 Å². The van der Waals surface area contributed by atoms with Gasteiger partial charge in [0.2, 0.25) is 0 Å². The van der Waals surface area contributed by atoms with E-state index >= 15 is 0 Å². The van der Waals surface area contributed by atoms with E-state index in [2.05, 4.69) is 168 Å². The van der Waals surface area contributed by atoms with Crippen LogP contribution in [0.25, 0.3) is 113 Å². The molecule has 4 heterocycles. The zero-order valence-electron chi connectivity index (χ0n) is 30.4. The Kier molecular flexibility index (Phi) is 7.24. The van der Waals surface area contributed by atoms with Gasteiger partial charge in [0.05, 0.1) is 11.0 Å². The molecule has 0 N–H and O–H groups in total. The van der Waals surface area contributed by atoms with Crippen molar-refractivity contribution in [2.24, 2.45) is 0 Å². The van der Waals surface area contributed by atoms with Crippen molar-refractivity contribution in [3.05, 3.63) is 182 Å². The van der Waals surface area contributed by atoms with E-state index in [-0.39, 0.29) is 0 Å². The molecule has 0 unspecified atom stereocenters. The molecule has 0 bridgehead atoms. The number of nitrogens with zero attached hydrogens (tertiary/aromatic N) is 4. The molecule has 0 saturated carbocycles. The van der Waals surface area contributed by atoms with E-state index in [1.54, 1.807) is 11.3 Å². The van der Waals surface area contributed by atoms with Crippen molar-refractivity contribution < 1.29 is 0 Å². The normalized spacial score (nSPS) is 11.9. The lowest BCUT2D eigenvalue weighted by Crippen LogP contribution is -2.00. The summed E-state index contributed by atoms with van der Waals surface area (Å²) in [6.45, 7) is 0. The van der Waals surface area contributed by atoms with E-state index in [0.29, 0.717) is 17.5 Å². The largest absolute Gasteiger partial charge is 0.309 e. The first-order chi connectivity index (χ1) is 28.2. The molecule has 6 heteroatoms. The van der Waals surface area contributed by atoms with Gasteiger partial charge in [0.15, 0.2) is 17.5 Å². The maximum Gasteiger partial charge on any atom is 0.164 e. The van der Waals surface area contributed by atoms with Crippen molar-refractivity contribution in [3.63, 3.8) is 0 Å². The van der Waals surface area contributed by atoms with Crippen molar-refractivity contribution in [2.45, 2.75) is 0 Å². The van der Waals surface area contributed by atoms with Gasteiger partial charge in [-0.1, -0.05) is 115 Å². The van der Waals surface area contributed by atoms with Gasteiger partial charge in [-0.05, 0) is 77.9 Å². The van der Waals surface area contributed by atoms with E-state index in [1.807, 2.05) is 29.5 Å². The molecular weight excluding hydrogens is 733 g/mol. The van der Waals surface area contributed by atoms with E-state index < -0.39 is 0 Å². The van der Waals surface area contributed by atoms with Gasteiger partial charge < -0.3 is 4.57 Å². The van der Waals surface area contributed by atoms with Gasteiger partial charge in [0, 0.05) is 73.5 Å². The molecule has 0 aliphatic heterocycles. The molecular formula is C51H30N4S2. The smallest absolute Gasteiger partial charge is 0.164 e. The lowest BCUT2D eigenvalue weighted by molar-refractivity contribution is 1.08. The number of rotatable bonds is 5. The Balaban J connectivity index is 0.982. The fraction of sp³-hybridized carbons (Fsp3) is 0. The average Bonchev–Trinajstić information content (AvgIpc) is 3.95. The fourth-order valence-electron chi connectivity index (χ4n) is 8.41. The predicted molar refractivity (Wildman–Crippen MR) is 242 cm³/mol. The third kappa shape index (κ3) is 5.22. The van der Waals surface area contributed by atoms with Crippen LogP contribution in [-0.2, 0) is 0 Å².